The van der Waals surface area contributed by atoms with Gasteiger partial charge in [-0.3, -0.25) is 14.4 Å². The Labute approximate surface area is 157 Å². The van der Waals surface area contributed by atoms with Crippen LogP contribution in [0, 0.1) is 0 Å². The van der Waals surface area contributed by atoms with Crippen molar-refractivity contribution in [1.29, 1.82) is 0 Å². The van der Waals surface area contributed by atoms with Gasteiger partial charge < -0.3 is 9.88 Å². The van der Waals surface area contributed by atoms with Crippen molar-refractivity contribution in [3.63, 3.8) is 0 Å². The third-order valence-corrected chi connectivity index (χ3v) is 4.68. The maximum Gasteiger partial charge on any atom is 0.269 e. The lowest BCUT2D eigenvalue weighted by molar-refractivity contribution is -0.126. The highest BCUT2D eigenvalue weighted by Gasteiger charge is 2.19. The number of fused-ring (bicyclic) bond motifs is 1. The van der Waals surface area contributed by atoms with E-state index in [0.29, 0.717) is 10.4 Å². The van der Waals surface area contributed by atoms with Gasteiger partial charge in [-0.1, -0.05) is 12.1 Å². The zero-order valence-corrected chi connectivity index (χ0v) is 15.3. The Bertz CT molecular complexity index is 964. The number of H-pyrrole nitrogens is 1. The molecule has 6 heteroatoms. The van der Waals surface area contributed by atoms with Crippen LogP contribution in [0.15, 0.2) is 48.7 Å². The predicted octanol–water partition coefficient (Wildman–Crippen LogP) is 3.44. The van der Waals surface area contributed by atoms with E-state index >= 15 is 0 Å². The van der Waals surface area contributed by atoms with E-state index in [-0.39, 0.29) is 18.4 Å². The van der Waals surface area contributed by atoms with Crippen LogP contribution in [0.4, 0.5) is 5.69 Å². The van der Waals surface area contributed by atoms with Gasteiger partial charge in [-0.2, -0.15) is 0 Å². The zero-order chi connectivity index (χ0) is 19.4. The summed E-state index contributed by atoms with van der Waals surface area (Å²) in [6, 6.07) is 13.6. The fourth-order valence-corrected chi connectivity index (χ4v) is 3.22. The summed E-state index contributed by atoms with van der Waals surface area (Å²) in [5.74, 6) is -0.658. The second-order valence-electron chi connectivity index (χ2n) is 6.11. The van der Waals surface area contributed by atoms with E-state index in [2.05, 4.69) is 23.7 Å². The summed E-state index contributed by atoms with van der Waals surface area (Å²) in [7, 11) is 0. The molecule has 0 aliphatic rings. The number of hydrogen-bond acceptors (Lipinski definition) is 4. The summed E-state index contributed by atoms with van der Waals surface area (Å²) >= 11 is 0. The quantitative estimate of drug-likeness (QED) is 0.653. The highest BCUT2D eigenvalue weighted by atomic mass is 16.2. The van der Waals surface area contributed by atoms with Gasteiger partial charge >= 0.3 is 0 Å². The summed E-state index contributed by atoms with van der Waals surface area (Å²) < 4.78 is 0. The standard InChI is InChI=1S/C21H21N3O3/c1-3-23(4-2)18-7-5-15(6-8-18)17-11-16-9-10-22-20(16)19(12-17)21(27)24(13-25)14-26/h5-14,22H,3-4H2,1-2H3. The van der Waals surface area contributed by atoms with Crippen LogP contribution in [0.25, 0.3) is 22.0 Å². The topological polar surface area (TPSA) is 73.5 Å². The first-order chi connectivity index (χ1) is 13.1. The lowest BCUT2D eigenvalue weighted by Gasteiger charge is -2.21. The monoisotopic (exact) mass is 363 g/mol. The van der Waals surface area contributed by atoms with E-state index in [1.165, 1.54) is 0 Å². The number of aromatic amines is 1. The fraction of sp³-hybridized carbons (Fsp3) is 0.190. The molecule has 0 radical (unpaired) electrons. The average Bonchev–Trinajstić information content (AvgIpc) is 3.18. The van der Waals surface area contributed by atoms with E-state index in [9.17, 15) is 14.4 Å². The molecule has 0 atom stereocenters. The van der Waals surface area contributed by atoms with Crippen LogP contribution in [0.2, 0.25) is 0 Å². The normalized spacial score (nSPS) is 10.6. The molecular weight excluding hydrogens is 342 g/mol. The second-order valence-corrected chi connectivity index (χ2v) is 6.11. The number of hydrogen-bond donors (Lipinski definition) is 1. The molecule has 0 aliphatic carbocycles. The lowest BCUT2D eigenvalue weighted by Crippen LogP contribution is -2.28. The molecule has 1 aromatic heterocycles. The van der Waals surface area contributed by atoms with Gasteiger partial charge in [0.15, 0.2) is 0 Å². The Morgan fingerprint density at radius 3 is 2.22 bits per heavy atom. The number of carbonyl (C=O) groups excluding carboxylic acids is 3. The Morgan fingerprint density at radius 1 is 0.963 bits per heavy atom. The van der Waals surface area contributed by atoms with E-state index in [4.69, 9.17) is 0 Å². The number of benzene rings is 2. The first-order valence-corrected chi connectivity index (χ1v) is 8.82. The number of carbonyl (C=O) groups is 3. The molecule has 0 saturated heterocycles. The number of nitrogens with one attached hydrogen (secondary N) is 1. The van der Waals surface area contributed by atoms with Crippen molar-refractivity contribution >= 4 is 35.3 Å². The second kappa shape index (κ2) is 7.86. The zero-order valence-electron chi connectivity index (χ0n) is 15.3. The van der Waals surface area contributed by atoms with Crippen molar-refractivity contribution in [2.45, 2.75) is 13.8 Å². The Kier molecular flexibility index (Phi) is 5.35. The van der Waals surface area contributed by atoms with Crippen LogP contribution in [-0.4, -0.2) is 41.7 Å². The third kappa shape index (κ3) is 3.46. The molecule has 0 aliphatic heterocycles. The molecule has 0 bridgehead atoms. The van der Waals surface area contributed by atoms with Crippen molar-refractivity contribution in [2.75, 3.05) is 18.0 Å². The molecule has 0 saturated carbocycles. The van der Waals surface area contributed by atoms with E-state index in [1.54, 1.807) is 12.3 Å². The first-order valence-electron chi connectivity index (χ1n) is 8.82. The average molecular weight is 363 g/mol. The third-order valence-electron chi connectivity index (χ3n) is 4.68. The summed E-state index contributed by atoms with van der Waals surface area (Å²) in [4.78, 5) is 40.3. The molecule has 3 aromatic rings. The number of rotatable bonds is 7. The minimum absolute atomic E-state index is 0.218. The Morgan fingerprint density at radius 2 is 1.63 bits per heavy atom. The van der Waals surface area contributed by atoms with Gasteiger partial charge in [0.25, 0.3) is 5.91 Å². The van der Waals surface area contributed by atoms with Gasteiger partial charge in [0, 0.05) is 30.4 Å². The van der Waals surface area contributed by atoms with Crippen LogP contribution in [-0.2, 0) is 9.59 Å². The maximum absolute atomic E-state index is 12.6. The Hall–Kier alpha value is -3.41. The van der Waals surface area contributed by atoms with Crippen LogP contribution in [0.1, 0.15) is 24.2 Å². The van der Waals surface area contributed by atoms with Crippen molar-refractivity contribution in [3.05, 3.63) is 54.2 Å². The molecule has 138 valence electrons. The van der Waals surface area contributed by atoms with Crippen molar-refractivity contribution < 1.29 is 14.4 Å². The van der Waals surface area contributed by atoms with E-state index < -0.39 is 5.91 Å². The minimum Gasteiger partial charge on any atom is -0.372 e. The summed E-state index contributed by atoms with van der Waals surface area (Å²) in [5.41, 5.74) is 3.80. The number of amides is 3. The minimum atomic E-state index is -0.658. The van der Waals surface area contributed by atoms with Crippen molar-refractivity contribution in [1.82, 2.24) is 9.88 Å². The van der Waals surface area contributed by atoms with Crippen molar-refractivity contribution in [3.8, 4) is 11.1 Å². The molecule has 1 N–H and O–H groups in total. The number of nitrogens with zero attached hydrogens (tertiary/aromatic N) is 2. The van der Waals surface area contributed by atoms with E-state index in [1.807, 2.05) is 36.4 Å². The van der Waals surface area contributed by atoms with Crippen LogP contribution < -0.4 is 4.90 Å². The van der Waals surface area contributed by atoms with Gasteiger partial charge in [-0.25, -0.2) is 4.90 Å². The predicted molar refractivity (Wildman–Crippen MR) is 106 cm³/mol. The largest absolute Gasteiger partial charge is 0.372 e. The smallest absolute Gasteiger partial charge is 0.269 e. The molecule has 6 nitrogen and oxygen atoms in total. The first kappa shape index (κ1) is 18.4. The van der Waals surface area contributed by atoms with Gasteiger partial charge in [-0.15, -0.1) is 0 Å². The molecule has 3 rings (SSSR count). The lowest BCUT2D eigenvalue weighted by atomic mass is 9.99. The molecule has 2 aromatic carbocycles. The van der Waals surface area contributed by atoms with Crippen molar-refractivity contribution in [2.24, 2.45) is 0 Å². The molecule has 3 amide bonds. The van der Waals surface area contributed by atoms with Gasteiger partial charge in [0.2, 0.25) is 12.8 Å². The summed E-state index contributed by atoms with van der Waals surface area (Å²) in [6.07, 6.45) is 2.16. The Balaban J connectivity index is 2.06. The van der Waals surface area contributed by atoms with Gasteiger partial charge in [0.1, 0.15) is 0 Å². The summed E-state index contributed by atoms with van der Waals surface area (Å²) in [5, 5.41) is 0.834. The number of anilines is 1. The maximum atomic E-state index is 12.6. The molecule has 27 heavy (non-hydrogen) atoms. The highest BCUT2D eigenvalue weighted by molar-refractivity contribution is 6.14. The fourth-order valence-electron chi connectivity index (χ4n) is 3.22. The molecule has 1 heterocycles. The van der Waals surface area contributed by atoms with Crippen LogP contribution >= 0.6 is 0 Å². The van der Waals surface area contributed by atoms with Gasteiger partial charge in [0.05, 0.1) is 11.1 Å². The molecule has 0 spiro atoms. The molecular formula is C21H21N3O3. The highest BCUT2D eigenvalue weighted by Crippen LogP contribution is 2.29. The van der Waals surface area contributed by atoms with Crippen LogP contribution in [0.5, 0.6) is 0 Å². The van der Waals surface area contributed by atoms with E-state index in [0.717, 1.165) is 35.3 Å². The molecule has 0 fully saturated rings. The SMILES string of the molecule is CCN(CC)c1ccc(-c2cc(C(=O)N(C=O)C=O)c3[nH]ccc3c2)cc1. The number of aromatic nitrogens is 1. The number of imide groups is 3. The molecule has 0 unspecified atom stereocenters. The van der Waals surface area contributed by atoms with Gasteiger partial charge in [-0.05, 0) is 55.3 Å². The summed E-state index contributed by atoms with van der Waals surface area (Å²) in [6.45, 7) is 6.08. The van der Waals surface area contributed by atoms with Crippen LogP contribution in [0.3, 0.4) is 0 Å².